The van der Waals surface area contributed by atoms with Crippen molar-refractivity contribution in [3.63, 3.8) is 0 Å². The lowest BCUT2D eigenvalue weighted by molar-refractivity contribution is -0.384. The van der Waals surface area contributed by atoms with Crippen molar-refractivity contribution in [1.82, 2.24) is 0 Å². The van der Waals surface area contributed by atoms with E-state index in [1.165, 1.54) is 0 Å². The molecule has 0 saturated carbocycles. The highest BCUT2D eigenvalue weighted by Crippen LogP contribution is 2.33. The number of hydrogen-bond acceptors (Lipinski definition) is 14. The lowest BCUT2D eigenvalue weighted by Gasteiger charge is -2.44. The van der Waals surface area contributed by atoms with Crippen LogP contribution in [0.1, 0.15) is 38.1 Å². The summed E-state index contributed by atoms with van der Waals surface area (Å²) in [5.74, 6) is -4.52. The Balaban J connectivity index is 2.59. The Morgan fingerprint density at radius 3 is 1.97 bits per heavy atom. The minimum atomic E-state index is -1.65. The fourth-order valence-corrected chi connectivity index (χ4v) is 3.41. The summed E-state index contributed by atoms with van der Waals surface area (Å²) in [5.41, 5.74) is -0.821. The van der Waals surface area contributed by atoms with E-state index in [4.69, 9.17) is 28.4 Å². The number of non-ortho nitro benzene ring substituents is 1. The van der Waals surface area contributed by atoms with Crippen molar-refractivity contribution in [3.05, 3.63) is 33.9 Å². The van der Waals surface area contributed by atoms with Gasteiger partial charge in [0.2, 0.25) is 12.4 Å². The van der Waals surface area contributed by atoms with Gasteiger partial charge >= 0.3 is 29.8 Å². The molecule has 0 spiro atoms. The normalized spacial score (nSPS) is 22.7. The number of rotatable bonds is 9. The van der Waals surface area contributed by atoms with Crippen molar-refractivity contribution < 1.29 is 62.1 Å². The zero-order valence-electron chi connectivity index (χ0n) is 20.5. The third-order valence-electron chi connectivity index (χ3n) is 4.77. The van der Waals surface area contributed by atoms with Gasteiger partial charge in [0.1, 0.15) is 24.0 Å². The van der Waals surface area contributed by atoms with Crippen LogP contribution in [0, 0.1) is 10.1 Å². The van der Waals surface area contributed by atoms with Crippen molar-refractivity contribution in [2.75, 3.05) is 13.7 Å². The number of nitrogens with zero attached hydrogens (tertiary/aromatic N) is 1. The highest BCUT2D eigenvalue weighted by Gasteiger charge is 2.53. The summed E-state index contributed by atoms with van der Waals surface area (Å²) in [6.45, 7) is 3.77. The third kappa shape index (κ3) is 7.86. The van der Waals surface area contributed by atoms with E-state index < -0.39 is 77.8 Å². The van der Waals surface area contributed by atoms with Gasteiger partial charge in [-0.25, -0.2) is 4.79 Å². The smallest absolute Gasteiger partial charge is 0.341 e. The lowest BCUT2D eigenvalue weighted by Crippen LogP contribution is -2.63. The van der Waals surface area contributed by atoms with E-state index in [1.54, 1.807) is 0 Å². The van der Waals surface area contributed by atoms with E-state index in [2.05, 4.69) is 4.74 Å². The second-order valence-corrected chi connectivity index (χ2v) is 7.61. The van der Waals surface area contributed by atoms with Crippen molar-refractivity contribution in [2.24, 2.45) is 0 Å². The maximum atomic E-state index is 12.3. The molecule has 0 unspecified atom stereocenters. The highest BCUT2D eigenvalue weighted by molar-refractivity contribution is 5.93. The molecule has 37 heavy (non-hydrogen) atoms. The molecular formula is C22H25NO14. The van der Waals surface area contributed by atoms with Gasteiger partial charge < -0.3 is 33.2 Å². The number of nitro groups is 1. The summed E-state index contributed by atoms with van der Waals surface area (Å²) in [4.78, 5) is 69.8. The zero-order chi connectivity index (χ0) is 27.9. The standard InChI is InChI=1S/C22H25NO14/c1-10(24)32-9-17-18(33-11(2)25)19(34-12(3)26)20(35-13(4)27)22(37-17)36-16-7-6-14(23(29)30)8-15(16)21(28)31-5/h6-8,17-20,22H,9H2,1-5H3/t17-,18-,19+,20-,22-/m1/s1. The average molecular weight is 527 g/mol. The Labute approximate surface area is 210 Å². The summed E-state index contributed by atoms with van der Waals surface area (Å²) < 4.78 is 37.0. The number of hydrogen-bond donors (Lipinski definition) is 0. The maximum Gasteiger partial charge on any atom is 0.341 e. The van der Waals surface area contributed by atoms with Crippen molar-refractivity contribution in [1.29, 1.82) is 0 Å². The van der Waals surface area contributed by atoms with Crippen LogP contribution in [0.2, 0.25) is 0 Å². The van der Waals surface area contributed by atoms with Gasteiger partial charge in [-0.1, -0.05) is 0 Å². The Morgan fingerprint density at radius 1 is 0.892 bits per heavy atom. The highest BCUT2D eigenvalue weighted by atomic mass is 16.7. The van der Waals surface area contributed by atoms with Gasteiger partial charge in [0.05, 0.1) is 12.0 Å². The molecule has 0 aromatic heterocycles. The van der Waals surface area contributed by atoms with Crippen LogP contribution in [0.25, 0.3) is 0 Å². The van der Waals surface area contributed by atoms with Gasteiger partial charge in [0, 0.05) is 39.8 Å². The molecule has 1 aliphatic heterocycles. The van der Waals surface area contributed by atoms with Crippen LogP contribution in [0.15, 0.2) is 18.2 Å². The molecule has 1 heterocycles. The van der Waals surface area contributed by atoms with Crippen molar-refractivity contribution >= 4 is 35.5 Å². The number of methoxy groups -OCH3 is 1. The summed E-state index contributed by atoms with van der Waals surface area (Å²) in [6.07, 6.45) is -7.44. The molecule has 0 bridgehead atoms. The maximum absolute atomic E-state index is 12.3. The quantitative estimate of drug-likeness (QED) is 0.190. The van der Waals surface area contributed by atoms with Gasteiger partial charge in [-0.2, -0.15) is 0 Å². The van der Waals surface area contributed by atoms with Gasteiger partial charge in [0.25, 0.3) is 5.69 Å². The van der Waals surface area contributed by atoms with Crippen molar-refractivity contribution in [3.8, 4) is 5.75 Å². The van der Waals surface area contributed by atoms with E-state index in [0.717, 1.165) is 53.0 Å². The Hall–Kier alpha value is -4.27. The average Bonchev–Trinajstić information content (AvgIpc) is 2.80. The first-order valence-corrected chi connectivity index (χ1v) is 10.7. The molecular weight excluding hydrogens is 502 g/mol. The van der Waals surface area contributed by atoms with E-state index >= 15 is 0 Å². The largest absolute Gasteiger partial charge is 0.465 e. The molecule has 0 amide bonds. The fourth-order valence-electron chi connectivity index (χ4n) is 3.41. The van der Waals surface area contributed by atoms with Crippen LogP contribution in [0.4, 0.5) is 5.69 Å². The first kappa shape index (κ1) is 29.0. The number of nitro benzene ring substituents is 1. The Morgan fingerprint density at radius 2 is 1.46 bits per heavy atom. The third-order valence-corrected chi connectivity index (χ3v) is 4.77. The van der Waals surface area contributed by atoms with Gasteiger partial charge in [-0.05, 0) is 6.07 Å². The summed E-state index contributed by atoms with van der Waals surface area (Å²) >= 11 is 0. The van der Waals surface area contributed by atoms with Crippen molar-refractivity contribution in [2.45, 2.75) is 58.4 Å². The predicted octanol–water partition coefficient (Wildman–Crippen LogP) is 0.843. The van der Waals surface area contributed by atoms with E-state index in [1.807, 2.05) is 0 Å². The number of esters is 5. The zero-order valence-corrected chi connectivity index (χ0v) is 20.5. The predicted molar refractivity (Wildman–Crippen MR) is 117 cm³/mol. The molecule has 15 nitrogen and oxygen atoms in total. The molecule has 1 aromatic carbocycles. The number of ether oxygens (including phenoxy) is 7. The second kappa shape index (κ2) is 12.6. The summed E-state index contributed by atoms with van der Waals surface area (Å²) in [7, 11) is 1.04. The molecule has 0 radical (unpaired) electrons. The molecule has 0 aliphatic carbocycles. The van der Waals surface area contributed by atoms with Crippen LogP contribution < -0.4 is 4.74 Å². The fraction of sp³-hybridized carbons (Fsp3) is 0.500. The number of benzene rings is 1. The monoisotopic (exact) mass is 527 g/mol. The molecule has 5 atom stereocenters. The lowest BCUT2D eigenvalue weighted by atomic mass is 9.98. The second-order valence-electron chi connectivity index (χ2n) is 7.61. The molecule has 1 aromatic rings. The first-order valence-electron chi connectivity index (χ1n) is 10.7. The summed E-state index contributed by atoms with van der Waals surface area (Å²) in [6, 6.07) is 3.01. The van der Waals surface area contributed by atoms with E-state index in [-0.39, 0.29) is 11.3 Å². The Bertz CT molecular complexity index is 1070. The topological polar surface area (TPSA) is 193 Å². The number of carbonyl (C=O) groups excluding carboxylic acids is 5. The van der Waals surface area contributed by atoms with Gasteiger partial charge in [-0.15, -0.1) is 0 Å². The van der Waals surface area contributed by atoms with Crippen LogP contribution >= 0.6 is 0 Å². The number of carbonyl (C=O) groups is 5. The molecule has 1 saturated heterocycles. The van der Waals surface area contributed by atoms with Crippen LogP contribution in [0.5, 0.6) is 5.75 Å². The molecule has 1 aliphatic rings. The van der Waals surface area contributed by atoms with E-state index in [9.17, 15) is 34.1 Å². The molecule has 15 heteroatoms. The SMILES string of the molecule is COC(=O)c1cc([N+](=O)[O-])ccc1O[C@@H]1O[C@H](COC(C)=O)[C@@H](OC(C)=O)[C@H](OC(C)=O)[C@H]1OC(C)=O. The molecule has 202 valence electrons. The Kier molecular flexibility index (Phi) is 9.88. The van der Waals surface area contributed by atoms with Crippen LogP contribution in [0.3, 0.4) is 0 Å². The van der Waals surface area contributed by atoms with E-state index in [0.29, 0.717) is 0 Å². The van der Waals surface area contributed by atoms with Crippen LogP contribution in [-0.4, -0.2) is 79.2 Å². The molecule has 0 N–H and O–H groups in total. The molecule has 2 rings (SSSR count). The first-order chi connectivity index (χ1) is 17.3. The summed E-state index contributed by atoms with van der Waals surface area (Å²) in [5, 5.41) is 11.2. The van der Waals surface area contributed by atoms with Crippen LogP contribution in [-0.2, 0) is 47.6 Å². The van der Waals surface area contributed by atoms with Gasteiger partial charge in [0.15, 0.2) is 12.2 Å². The minimum absolute atomic E-state index is 0.279. The van der Waals surface area contributed by atoms with Gasteiger partial charge in [-0.3, -0.25) is 29.3 Å². The molecule has 1 fully saturated rings. The minimum Gasteiger partial charge on any atom is -0.465 e.